The maximum atomic E-state index is 13.3. The van der Waals surface area contributed by atoms with Crippen molar-refractivity contribution in [2.45, 2.75) is 136 Å². The van der Waals surface area contributed by atoms with E-state index in [4.69, 9.17) is 0 Å². The molecule has 3 aromatic heterocycles. The number of carbonyl (C=O) groups is 5. The highest BCUT2D eigenvalue weighted by Crippen LogP contribution is 2.29. The zero-order chi connectivity index (χ0) is 76.6. The van der Waals surface area contributed by atoms with E-state index in [2.05, 4.69) is 97.2 Å². The fourth-order valence-electron chi connectivity index (χ4n) is 14.1. The molecule has 0 unspecified atom stereocenters. The summed E-state index contributed by atoms with van der Waals surface area (Å²) in [5.41, 5.74) is 7.45. The largest absolute Gasteiger partial charge is 0.378 e. The molecule has 9 aromatic rings. The molecule has 7 N–H and O–H groups in total. The zero-order valence-corrected chi connectivity index (χ0v) is 62.2. The quantitative estimate of drug-likeness (QED) is 0.0296. The van der Waals surface area contributed by atoms with Gasteiger partial charge in [0.1, 0.15) is 23.7 Å². The first-order valence-electron chi connectivity index (χ1n) is 36.9. The van der Waals surface area contributed by atoms with Gasteiger partial charge in [0.05, 0.1) is 0 Å². The Balaban J connectivity index is 0.000000434. The summed E-state index contributed by atoms with van der Waals surface area (Å²) in [6.45, 7) is 12.3. The van der Waals surface area contributed by atoms with E-state index in [1.807, 2.05) is 84.3 Å². The molecule has 27 nitrogen and oxygen atoms in total. The van der Waals surface area contributed by atoms with Gasteiger partial charge in [0.2, 0.25) is 11.8 Å². The molecule has 0 radical (unpaired) electrons. The van der Waals surface area contributed by atoms with E-state index < -0.39 is 6.23 Å². The van der Waals surface area contributed by atoms with Crippen molar-refractivity contribution in [3.05, 3.63) is 180 Å². The number of likely N-dealkylation sites (tertiary alicyclic amines) is 3. The number of rotatable bonds is 24. The van der Waals surface area contributed by atoms with Crippen LogP contribution in [0, 0.1) is 41.1 Å². The van der Waals surface area contributed by atoms with Crippen molar-refractivity contribution in [3.63, 3.8) is 0 Å². The number of hydrogen-bond donors (Lipinski definition) is 7. The van der Waals surface area contributed by atoms with E-state index in [-0.39, 0.29) is 88.3 Å². The Morgan fingerprint density at radius 2 is 0.806 bits per heavy atom. The maximum Gasteiger partial charge on any atom is 0.319 e. The number of aliphatic hydroxyl groups is 1. The lowest BCUT2D eigenvalue weighted by Gasteiger charge is -2.37. The van der Waals surface area contributed by atoms with Crippen molar-refractivity contribution in [2.75, 3.05) is 55.2 Å². The molecule has 7 atom stereocenters. The highest BCUT2D eigenvalue weighted by atomic mass is 19.1. The van der Waals surface area contributed by atoms with Crippen LogP contribution in [-0.2, 0) is 50.0 Å². The van der Waals surface area contributed by atoms with Gasteiger partial charge in [0.15, 0.2) is 17.5 Å². The summed E-state index contributed by atoms with van der Waals surface area (Å²) in [7, 11) is 5.25. The molecule has 0 aliphatic carbocycles. The average molecular weight is 1500 g/mol. The summed E-state index contributed by atoms with van der Waals surface area (Å²) in [4.78, 5) is 69.6. The van der Waals surface area contributed by atoms with Crippen LogP contribution in [-0.4, -0.2) is 174 Å². The van der Waals surface area contributed by atoms with Crippen LogP contribution in [0.2, 0.25) is 0 Å². The van der Waals surface area contributed by atoms with Gasteiger partial charge in [-0.25, -0.2) is 41.6 Å². The van der Waals surface area contributed by atoms with Gasteiger partial charge >= 0.3 is 18.1 Å². The summed E-state index contributed by atoms with van der Waals surface area (Å²) < 4.78 is 44.3. The number of nitrogens with one attached hydrogen (secondary N) is 6. The van der Waals surface area contributed by atoms with E-state index in [9.17, 15) is 42.3 Å². The predicted molar refractivity (Wildman–Crippen MR) is 419 cm³/mol. The standard InChI is InChI=1S/C28H38FN7O2.2C25H30FN7O2.7H2/c1-19(2)14-25(31-28(38)30-24-8-4-7-22(16-24)27-32-33-34-35(27)3)17-26(37)36-13-5-6-21(18-36)15-20-9-11-23(29)12-10-20;2*1-17(27-25(35)28-22-7-3-6-20(15-22)24-29-30-31-32(24)2)13-23(34)33-12-4-5-19(16-33)14-18-8-10-21(26)11-9-18;;;;;;;/h4,7-12,16,19,21,25-26,37H,5-6,13-15,17-18H2,1-3H3,(H2,30,31,38);2*3,6-11,15,17,19H,4-5,12-14,16H2,1-2H3,(H2,27,28,35);7*1H/t21-,25+,26+;2*17-,19+;;;;;;;/m011......./s1. The van der Waals surface area contributed by atoms with E-state index in [1.54, 1.807) is 83.7 Å². The van der Waals surface area contributed by atoms with Gasteiger partial charge in [0, 0.05) is 142 Å². The molecular formula is C78H112F3N21O6. The molecule has 12 rings (SSSR count). The Hall–Kier alpha value is -11.0. The Morgan fingerprint density at radius 1 is 0.463 bits per heavy atom. The SMILES string of the molecule is CC(C)C[C@H](C[C@@H](O)N1CCC[C@@H](Cc2ccc(F)cc2)C1)NC(=O)Nc1cccc(-c2nnnn2C)c1.C[C@H](CC(=O)N1CCC[C@@H](Cc2ccc(F)cc2)C1)NC(=O)Nc1cccc(-c2nnnn2C)c1.C[C@H](CC(=O)N1CCC[C@@H](Cc2ccc(F)cc2)C1)NC(=O)Nc1cccc(-c2nnnn2C)c1.[HH].[HH].[HH].[HH].[HH].[HH].[HH]. The minimum atomic E-state index is -0.651. The second-order valence-electron chi connectivity index (χ2n) is 28.9. The molecule has 6 aromatic carbocycles. The summed E-state index contributed by atoms with van der Waals surface area (Å²) in [5.74, 6) is 2.59. The van der Waals surface area contributed by atoms with Crippen LogP contribution < -0.4 is 31.9 Å². The van der Waals surface area contributed by atoms with Crippen molar-refractivity contribution in [3.8, 4) is 34.2 Å². The molecule has 3 aliphatic rings. The molecule has 6 heterocycles. The van der Waals surface area contributed by atoms with E-state index in [1.165, 1.54) is 36.4 Å². The number of piperidine rings is 3. The van der Waals surface area contributed by atoms with Gasteiger partial charge in [-0.3, -0.25) is 14.5 Å². The maximum absolute atomic E-state index is 13.3. The minimum Gasteiger partial charge on any atom is -0.378 e. The van der Waals surface area contributed by atoms with Crippen molar-refractivity contribution in [1.82, 2.24) is 91.3 Å². The number of nitrogens with zero attached hydrogens (tertiary/aromatic N) is 15. The van der Waals surface area contributed by atoms with E-state index >= 15 is 0 Å². The summed E-state index contributed by atoms with van der Waals surface area (Å²) in [6, 6.07) is 39.7. The van der Waals surface area contributed by atoms with Crippen molar-refractivity contribution >= 4 is 47.0 Å². The molecule has 108 heavy (non-hydrogen) atoms. The first-order chi connectivity index (χ1) is 52.0. The lowest BCUT2D eigenvalue weighted by Crippen LogP contribution is -2.48. The molecule has 30 heteroatoms. The number of anilines is 3. The fourth-order valence-corrected chi connectivity index (χ4v) is 14.1. The fraction of sp³-hybridized carbons (Fsp3) is 0.436. The molecule has 8 amide bonds. The molecule has 586 valence electrons. The number of aliphatic hydroxyl groups excluding tert-OH is 1. The summed E-state index contributed by atoms with van der Waals surface area (Å²) in [6.07, 6.45) is 9.56. The average Bonchev–Trinajstić information content (AvgIpc) is 1.83. The summed E-state index contributed by atoms with van der Waals surface area (Å²) in [5, 5.41) is 62.8. The Morgan fingerprint density at radius 3 is 1.15 bits per heavy atom. The smallest absolute Gasteiger partial charge is 0.319 e. The topological polar surface area (TPSA) is 318 Å². The normalized spacial score (nSPS) is 17.0. The third-order valence-electron chi connectivity index (χ3n) is 19.3. The molecule has 0 spiro atoms. The number of carbonyl (C=O) groups excluding carboxylic acids is 5. The third kappa shape index (κ3) is 24.5. The Kier molecular flexibility index (Phi) is 28.7. The molecule has 0 saturated carbocycles. The zero-order valence-electron chi connectivity index (χ0n) is 62.2. The minimum absolute atomic E-state index is 0. The van der Waals surface area contributed by atoms with Crippen LogP contribution >= 0.6 is 0 Å². The van der Waals surface area contributed by atoms with Crippen LogP contribution in [0.25, 0.3) is 34.2 Å². The number of tetrazole rings is 3. The number of aryl methyl sites for hydroxylation is 3. The Bertz CT molecular complexity index is 4240. The van der Waals surface area contributed by atoms with Gasteiger partial charge in [-0.1, -0.05) is 86.6 Å². The van der Waals surface area contributed by atoms with E-state index in [0.29, 0.717) is 77.7 Å². The van der Waals surface area contributed by atoms with Crippen LogP contribution in [0.4, 0.5) is 44.6 Å². The van der Waals surface area contributed by atoms with Crippen molar-refractivity contribution in [1.29, 1.82) is 0 Å². The number of amides is 8. The highest BCUT2D eigenvalue weighted by molar-refractivity contribution is 5.92. The third-order valence-corrected chi connectivity index (χ3v) is 19.3. The lowest BCUT2D eigenvalue weighted by atomic mass is 9.90. The second kappa shape index (κ2) is 39.0. The second-order valence-corrected chi connectivity index (χ2v) is 28.9. The summed E-state index contributed by atoms with van der Waals surface area (Å²) >= 11 is 0. The molecule has 3 saturated heterocycles. The number of halogens is 3. The monoisotopic (exact) mass is 1500 g/mol. The van der Waals surface area contributed by atoms with Gasteiger partial charge in [-0.2, -0.15) is 0 Å². The number of hydrogen-bond acceptors (Lipinski definition) is 16. The molecule has 3 fully saturated rings. The van der Waals surface area contributed by atoms with Crippen LogP contribution in [0.1, 0.15) is 119 Å². The van der Waals surface area contributed by atoms with Crippen molar-refractivity contribution < 1.29 is 52.2 Å². The van der Waals surface area contributed by atoms with Crippen LogP contribution in [0.3, 0.4) is 0 Å². The van der Waals surface area contributed by atoms with Crippen LogP contribution in [0.5, 0.6) is 0 Å². The van der Waals surface area contributed by atoms with E-state index in [0.717, 1.165) is 124 Å². The predicted octanol–water partition coefficient (Wildman–Crippen LogP) is 12.7. The lowest BCUT2D eigenvalue weighted by molar-refractivity contribution is -0.134. The first kappa shape index (κ1) is 79.6. The number of urea groups is 3. The number of benzene rings is 6. The van der Waals surface area contributed by atoms with Crippen LogP contribution in [0.15, 0.2) is 146 Å². The van der Waals surface area contributed by atoms with Gasteiger partial charge in [0.25, 0.3) is 0 Å². The Labute approximate surface area is 637 Å². The molecule has 3 aliphatic heterocycles. The van der Waals surface area contributed by atoms with Gasteiger partial charge in [-0.15, -0.1) is 15.3 Å². The van der Waals surface area contributed by atoms with Gasteiger partial charge < -0.3 is 46.8 Å². The molecular weight excluding hydrogens is 1380 g/mol. The highest BCUT2D eigenvalue weighted by Gasteiger charge is 2.30. The van der Waals surface area contributed by atoms with Crippen molar-refractivity contribution in [2.24, 2.45) is 44.8 Å². The molecule has 0 bridgehead atoms. The number of aromatic nitrogens is 12. The first-order valence-corrected chi connectivity index (χ1v) is 36.9. The van der Waals surface area contributed by atoms with Gasteiger partial charge in [-0.05, 0) is 222 Å².